The molecule has 9 nitrogen and oxygen atoms in total. The Kier molecular flexibility index (Phi) is 7.30. The van der Waals surface area contributed by atoms with Crippen LogP contribution in [0.3, 0.4) is 0 Å². The summed E-state index contributed by atoms with van der Waals surface area (Å²) >= 11 is 0. The average Bonchev–Trinajstić information content (AvgIpc) is 3.64. The maximum atomic E-state index is 13.8. The van der Waals surface area contributed by atoms with Crippen molar-refractivity contribution in [3.05, 3.63) is 90.3 Å². The minimum Gasteiger partial charge on any atom is -0.481 e. The van der Waals surface area contributed by atoms with Gasteiger partial charge >= 0.3 is 0 Å². The molecule has 11 heteroatoms. The molecule has 0 bridgehead atoms. The molecule has 0 aliphatic rings. The first-order chi connectivity index (χ1) is 21.5. The van der Waals surface area contributed by atoms with Crippen LogP contribution in [0.1, 0.15) is 11.1 Å². The molecule has 0 spiro atoms. The van der Waals surface area contributed by atoms with Crippen LogP contribution in [0.15, 0.2) is 77.7 Å². The fraction of sp³-hybridized carbons (Fsp3) is 0.118. The summed E-state index contributed by atoms with van der Waals surface area (Å²) in [6.07, 6.45) is 7.02. The number of hydrogen-bond acceptors (Lipinski definition) is 7. The summed E-state index contributed by atoms with van der Waals surface area (Å²) in [5, 5.41) is 3.75. The van der Waals surface area contributed by atoms with E-state index in [1.54, 1.807) is 31.3 Å². The molecule has 0 amide bonds. The zero-order valence-electron chi connectivity index (χ0n) is 24.9. The highest BCUT2D eigenvalue weighted by Gasteiger charge is 2.25. The third-order valence-corrected chi connectivity index (χ3v) is 8.76. The van der Waals surface area contributed by atoms with Crippen molar-refractivity contribution in [2.45, 2.75) is 0 Å². The van der Waals surface area contributed by atoms with Gasteiger partial charge in [0.25, 0.3) is 0 Å². The van der Waals surface area contributed by atoms with E-state index >= 15 is 0 Å². The number of ether oxygens (including phenoxy) is 1. The fourth-order valence-corrected chi connectivity index (χ4v) is 5.67. The normalized spacial score (nSPS) is 11.5. The van der Waals surface area contributed by atoms with Crippen molar-refractivity contribution in [3.63, 3.8) is 0 Å². The minimum atomic E-state index is -3.70. The lowest BCUT2D eigenvalue weighted by atomic mass is 9.95. The van der Waals surface area contributed by atoms with E-state index in [0.29, 0.717) is 84.4 Å². The summed E-state index contributed by atoms with van der Waals surface area (Å²) in [4.78, 5) is 12.3. The second-order valence-corrected chi connectivity index (χ2v) is 12.4. The number of anilines is 1. The molecule has 0 radical (unpaired) electrons. The molecule has 0 unspecified atom stereocenters. The number of methoxy groups -OCH3 is 1. The molecule has 45 heavy (non-hydrogen) atoms. The Morgan fingerprint density at radius 2 is 1.80 bits per heavy atom. The van der Waals surface area contributed by atoms with E-state index in [1.165, 1.54) is 30.6 Å². The van der Waals surface area contributed by atoms with Crippen molar-refractivity contribution in [3.8, 4) is 52.1 Å². The number of benzene rings is 3. The van der Waals surface area contributed by atoms with Crippen LogP contribution in [0, 0.1) is 18.2 Å². The topological polar surface area (TPSA) is 113 Å². The van der Waals surface area contributed by atoms with Gasteiger partial charge in [0, 0.05) is 59.6 Å². The van der Waals surface area contributed by atoms with Crippen LogP contribution in [0.25, 0.3) is 61.7 Å². The number of aromatic nitrogens is 3. The number of sulfonamides is 1. The number of halogens is 1. The van der Waals surface area contributed by atoms with E-state index in [1.807, 2.05) is 30.3 Å². The van der Waals surface area contributed by atoms with Crippen LogP contribution >= 0.6 is 0 Å². The van der Waals surface area contributed by atoms with Gasteiger partial charge in [0.1, 0.15) is 23.0 Å². The first-order valence-corrected chi connectivity index (χ1v) is 15.6. The predicted molar refractivity (Wildman–Crippen MR) is 176 cm³/mol. The quantitative estimate of drug-likeness (QED) is 0.189. The highest BCUT2D eigenvalue weighted by molar-refractivity contribution is 7.92. The second kappa shape index (κ2) is 11.2. The fourth-order valence-electron chi connectivity index (χ4n) is 5.16. The molecule has 226 valence electrons. The van der Waals surface area contributed by atoms with E-state index in [-0.39, 0.29) is 5.82 Å². The predicted octanol–water partition coefficient (Wildman–Crippen LogP) is 6.42. The Balaban J connectivity index is 1.63. The lowest BCUT2D eigenvalue weighted by molar-refractivity contribution is 0.399. The van der Waals surface area contributed by atoms with Gasteiger partial charge in [0.15, 0.2) is 5.65 Å². The number of pyridine rings is 1. The molecule has 0 fully saturated rings. The van der Waals surface area contributed by atoms with Crippen molar-refractivity contribution in [1.29, 1.82) is 0 Å². The number of furan rings is 1. The number of nitrogens with one attached hydrogen (secondary N) is 2. The van der Waals surface area contributed by atoms with Crippen LogP contribution < -0.4 is 14.4 Å². The zero-order valence-corrected chi connectivity index (χ0v) is 25.7. The molecule has 0 atom stereocenters. The molecule has 3 heterocycles. The number of fused-ring (bicyclic) bond motifs is 2. The Morgan fingerprint density at radius 1 is 1.07 bits per heavy atom. The summed E-state index contributed by atoms with van der Waals surface area (Å²) < 4.78 is 52.3. The van der Waals surface area contributed by atoms with Gasteiger partial charge in [-0.3, -0.25) is 4.31 Å². The van der Waals surface area contributed by atoms with E-state index in [9.17, 15) is 12.8 Å². The third kappa shape index (κ3) is 5.36. The van der Waals surface area contributed by atoms with E-state index in [2.05, 4.69) is 32.8 Å². The van der Waals surface area contributed by atoms with Crippen LogP contribution in [-0.4, -0.2) is 50.8 Å². The molecule has 3 aromatic heterocycles. The van der Waals surface area contributed by atoms with Gasteiger partial charge in [0.2, 0.25) is 15.9 Å². The van der Waals surface area contributed by atoms with Crippen LogP contribution in [0.4, 0.5) is 10.1 Å². The summed E-state index contributed by atoms with van der Waals surface area (Å²) in [5.41, 5.74) is 6.24. The largest absolute Gasteiger partial charge is 0.481 e. The van der Waals surface area contributed by atoms with Gasteiger partial charge in [-0.2, -0.15) is 4.98 Å². The van der Waals surface area contributed by atoms with Crippen molar-refractivity contribution in [1.82, 2.24) is 20.3 Å². The Morgan fingerprint density at radius 3 is 2.47 bits per heavy atom. The number of terminal acetylenes is 1. The number of nitrogens with zero attached hydrogens (tertiary/aromatic N) is 3. The van der Waals surface area contributed by atoms with Crippen molar-refractivity contribution >= 4 is 43.5 Å². The van der Waals surface area contributed by atoms with E-state index in [0.717, 1.165) is 6.26 Å². The Bertz CT molecular complexity index is 2280. The number of rotatable bonds is 8. The lowest BCUT2D eigenvalue weighted by Gasteiger charge is -2.21. The van der Waals surface area contributed by atoms with Gasteiger partial charge in [-0.25, -0.2) is 17.8 Å². The first kappa shape index (κ1) is 29.5. The van der Waals surface area contributed by atoms with E-state index < -0.39 is 10.0 Å². The molecule has 0 aliphatic heterocycles. The molecule has 0 saturated carbocycles. The van der Waals surface area contributed by atoms with Crippen LogP contribution in [-0.2, 0) is 10.0 Å². The molecular weight excluding hydrogens is 593 g/mol. The third-order valence-electron chi connectivity index (χ3n) is 7.57. The maximum absolute atomic E-state index is 13.8. The minimum absolute atomic E-state index is 0.363. The summed E-state index contributed by atoms with van der Waals surface area (Å²) in [7, 11) is 1.05. The lowest BCUT2D eigenvalue weighted by Crippen LogP contribution is -2.25. The van der Waals surface area contributed by atoms with Gasteiger partial charge in [-0.05, 0) is 60.2 Å². The Hall–Kier alpha value is -5.60. The number of hydrogen-bond donors (Lipinski definition) is 2. The number of aromatic amines is 1. The molecule has 0 aliphatic carbocycles. The summed E-state index contributed by atoms with van der Waals surface area (Å²) in [6.45, 7) is 4.18. The van der Waals surface area contributed by atoms with Crippen molar-refractivity contribution < 1.29 is 22.0 Å². The highest BCUT2D eigenvalue weighted by Crippen LogP contribution is 2.43. The molecule has 6 rings (SSSR count). The summed E-state index contributed by atoms with van der Waals surface area (Å²) in [5.74, 6) is 3.73. The van der Waals surface area contributed by atoms with Gasteiger partial charge < -0.3 is 19.5 Å². The van der Waals surface area contributed by atoms with Gasteiger partial charge in [-0.1, -0.05) is 12.5 Å². The zero-order chi connectivity index (χ0) is 32.0. The second-order valence-electron chi connectivity index (χ2n) is 10.4. The standard InChI is InChI=1S/C34H28FN5O4S/c1-7-20-14-22(16-23(15-20)33-37-27-12-13-30(43-5)38-34(27)39-33)25-17-26-29(18-28(25)40(4)45(6,41)42)44-32(31(26)19(2)36-3)21-8-10-24(35)11-9-21/h1,8-18,36H,2H2,3-6H3,(H,37,38,39). The number of H-pyrrole nitrogens is 1. The number of imidazole rings is 1. The maximum Gasteiger partial charge on any atom is 0.232 e. The van der Waals surface area contributed by atoms with Gasteiger partial charge in [-0.15, -0.1) is 6.42 Å². The van der Waals surface area contributed by atoms with Crippen LogP contribution in [0.5, 0.6) is 5.88 Å². The Labute approximate surface area is 259 Å². The van der Waals surface area contributed by atoms with Gasteiger partial charge in [0.05, 0.1) is 30.1 Å². The van der Waals surface area contributed by atoms with Crippen molar-refractivity contribution in [2.75, 3.05) is 31.8 Å². The van der Waals surface area contributed by atoms with E-state index in [4.69, 9.17) is 15.6 Å². The first-order valence-electron chi connectivity index (χ1n) is 13.7. The molecular formula is C34H28FN5O4S. The smallest absolute Gasteiger partial charge is 0.232 e. The SMILES string of the molecule is C#Cc1cc(-c2nc3nc(OC)ccc3[nH]2)cc(-c2cc3c(C(=C)NC)c(-c4ccc(F)cc4)oc3cc2N(C)S(C)(=O)=O)c1. The highest BCUT2D eigenvalue weighted by atomic mass is 32.2. The molecule has 0 saturated heterocycles. The monoisotopic (exact) mass is 621 g/mol. The van der Waals surface area contributed by atoms with Crippen LogP contribution in [0.2, 0.25) is 0 Å². The molecule has 6 aromatic rings. The molecule has 3 aromatic carbocycles. The average molecular weight is 622 g/mol. The van der Waals surface area contributed by atoms with Crippen molar-refractivity contribution in [2.24, 2.45) is 0 Å². The molecule has 2 N–H and O–H groups in total. The summed E-state index contributed by atoms with van der Waals surface area (Å²) in [6, 6.07) is 18.5.